The Bertz CT molecular complexity index is 1570. The molecule has 3 aromatic carbocycles. The summed E-state index contributed by atoms with van der Waals surface area (Å²) in [6, 6.07) is 29.7. The van der Waals surface area contributed by atoms with Crippen LogP contribution in [-0.4, -0.2) is 78.2 Å². The number of ether oxygens (including phenoxy) is 4. The van der Waals surface area contributed by atoms with Gasteiger partial charge in [0, 0.05) is 6.42 Å². The first-order chi connectivity index (χ1) is 26.5. The summed E-state index contributed by atoms with van der Waals surface area (Å²) in [6.45, 7) is 26.2. The van der Waals surface area contributed by atoms with Crippen molar-refractivity contribution in [1.29, 1.82) is 0 Å². The second kappa shape index (κ2) is 18.7. The van der Waals surface area contributed by atoms with Crippen molar-refractivity contribution in [3.8, 4) is 5.75 Å². The van der Waals surface area contributed by atoms with Crippen molar-refractivity contribution in [3.63, 3.8) is 0 Å². The number of rotatable bonds is 15. The van der Waals surface area contributed by atoms with Gasteiger partial charge in [-0.1, -0.05) is 142 Å². The molecule has 9 heteroatoms. The van der Waals surface area contributed by atoms with Crippen LogP contribution in [0.4, 0.5) is 0 Å². The highest BCUT2D eigenvalue weighted by Gasteiger charge is 2.57. The third-order valence-corrected chi connectivity index (χ3v) is 23.9. The lowest BCUT2D eigenvalue weighted by Gasteiger charge is -2.55. The smallest absolute Gasteiger partial charge is 0.261 e. The molecule has 2 fully saturated rings. The lowest BCUT2D eigenvalue weighted by atomic mass is 9.83. The quantitative estimate of drug-likeness (QED) is 0.154. The van der Waals surface area contributed by atoms with E-state index in [1.165, 1.54) is 10.4 Å². The molecule has 2 saturated heterocycles. The van der Waals surface area contributed by atoms with Crippen molar-refractivity contribution in [1.82, 2.24) is 0 Å². The van der Waals surface area contributed by atoms with Crippen molar-refractivity contribution in [2.24, 2.45) is 5.92 Å². The van der Waals surface area contributed by atoms with E-state index in [0.29, 0.717) is 36.3 Å². The van der Waals surface area contributed by atoms with Crippen molar-refractivity contribution in [2.45, 2.75) is 160 Å². The van der Waals surface area contributed by atoms with Crippen molar-refractivity contribution < 1.29 is 32.9 Å². The topological polar surface area (TPSA) is 75.6 Å². The summed E-state index contributed by atoms with van der Waals surface area (Å²) in [5.41, 5.74) is 1.47. The van der Waals surface area contributed by atoms with Gasteiger partial charge in [0.15, 0.2) is 0 Å². The number of hydrogen-bond donors (Lipinski definition) is 1. The van der Waals surface area contributed by atoms with E-state index in [2.05, 4.69) is 137 Å². The monoisotopic (exact) mass is 804 g/mol. The van der Waals surface area contributed by atoms with Crippen molar-refractivity contribution in [3.05, 3.63) is 90.5 Å². The highest BCUT2D eigenvalue weighted by atomic mass is 28.4. The lowest BCUT2D eigenvalue weighted by Crippen LogP contribution is -2.70. The number of benzene rings is 3. The van der Waals surface area contributed by atoms with Gasteiger partial charge in [0.1, 0.15) is 17.5 Å². The summed E-state index contributed by atoms with van der Waals surface area (Å²) in [5.74, 6) is 1.09. The molecule has 310 valence electrons. The molecule has 2 heterocycles. The van der Waals surface area contributed by atoms with Crippen LogP contribution in [0.1, 0.15) is 101 Å². The van der Waals surface area contributed by atoms with Crippen LogP contribution < -0.4 is 15.1 Å². The Kier molecular flexibility index (Phi) is 15.0. The highest BCUT2D eigenvalue weighted by Crippen LogP contribution is 2.48. The van der Waals surface area contributed by atoms with Crippen LogP contribution in [0.15, 0.2) is 84.9 Å². The minimum absolute atomic E-state index is 0.133. The summed E-state index contributed by atoms with van der Waals surface area (Å²) in [7, 11) is -3.61. The van der Waals surface area contributed by atoms with E-state index >= 15 is 0 Å². The van der Waals surface area contributed by atoms with E-state index in [1.807, 2.05) is 24.3 Å². The number of fused-ring (bicyclic) bond motifs is 1. The molecule has 0 aliphatic carbocycles. The van der Waals surface area contributed by atoms with E-state index in [4.69, 9.17) is 27.8 Å². The van der Waals surface area contributed by atoms with Gasteiger partial charge >= 0.3 is 0 Å². The van der Waals surface area contributed by atoms with E-state index in [1.54, 1.807) is 7.11 Å². The zero-order valence-electron chi connectivity index (χ0n) is 36.4. The Morgan fingerprint density at radius 1 is 0.786 bits per heavy atom. The molecule has 0 radical (unpaired) electrons. The Morgan fingerprint density at radius 3 is 1.82 bits per heavy atom. The summed E-state index contributed by atoms with van der Waals surface area (Å²) in [6.07, 6.45) is 0.719. The van der Waals surface area contributed by atoms with E-state index in [9.17, 15) is 5.11 Å². The maximum Gasteiger partial charge on any atom is 0.261 e. The Morgan fingerprint density at radius 2 is 1.34 bits per heavy atom. The fraction of sp³-hybridized carbons (Fsp3) is 0.617. The second-order valence-electron chi connectivity index (χ2n) is 18.8. The summed E-state index contributed by atoms with van der Waals surface area (Å²) >= 11 is 0. The molecular formula is C47H72O7Si2. The van der Waals surface area contributed by atoms with Crippen LogP contribution in [0.2, 0.25) is 21.7 Å². The molecule has 0 aromatic heterocycles. The first-order valence-electron chi connectivity index (χ1n) is 21.1. The van der Waals surface area contributed by atoms with Gasteiger partial charge in [0.25, 0.3) is 8.32 Å². The number of methoxy groups -OCH3 is 1. The largest absolute Gasteiger partial charge is 0.497 e. The Labute approximate surface area is 341 Å². The average molecular weight is 805 g/mol. The van der Waals surface area contributed by atoms with Gasteiger partial charge in [0.05, 0.1) is 51.3 Å². The Balaban J connectivity index is 1.52. The van der Waals surface area contributed by atoms with Crippen LogP contribution in [0, 0.1) is 5.92 Å². The van der Waals surface area contributed by atoms with Gasteiger partial charge in [-0.3, -0.25) is 0 Å². The molecule has 0 saturated carbocycles. The third-order valence-electron chi connectivity index (χ3n) is 12.8. The molecule has 0 amide bonds. The minimum Gasteiger partial charge on any atom is -0.497 e. The normalized spacial score (nSPS) is 26.6. The van der Waals surface area contributed by atoms with Crippen LogP contribution in [0.25, 0.3) is 0 Å². The predicted molar refractivity (Wildman–Crippen MR) is 233 cm³/mol. The molecule has 5 rings (SSSR count). The summed E-state index contributed by atoms with van der Waals surface area (Å²) in [4.78, 5) is 0. The van der Waals surface area contributed by atoms with Gasteiger partial charge < -0.3 is 32.9 Å². The molecule has 1 N–H and O–H groups in total. The molecule has 2 aliphatic heterocycles. The fourth-order valence-corrected chi connectivity index (χ4v) is 20.3. The van der Waals surface area contributed by atoms with Gasteiger partial charge in [0.2, 0.25) is 8.32 Å². The van der Waals surface area contributed by atoms with Crippen LogP contribution in [-0.2, 0) is 29.7 Å². The average Bonchev–Trinajstić information content (AvgIpc) is 3.15. The van der Waals surface area contributed by atoms with Crippen molar-refractivity contribution >= 4 is 27.0 Å². The second-order valence-corrected chi connectivity index (χ2v) is 28.5. The third kappa shape index (κ3) is 9.41. The van der Waals surface area contributed by atoms with Crippen LogP contribution in [0.3, 0.4) is 0 Å². The van der Waals surface area contributed by atoms with Crippen molar-refractivity contribution in [2.75, 3.05) is 20.3 Å². The molecule has 2 aliphatic rings. The first-order valence-corrected chi connectivity index (χ1v) is 25.2. The molecule has 0 spiro atoms. The van der Waals surface area contributed by atoms with E-state index in [0.717, 1.165) is 24.2 Å². The number of aliphatic hydroxyl groups excluding tert-OH is 1. The van der Waals surface area contributed by atoms with Gasteiger partial charge in [-0.25, -0.2) is 0 Å². The minimum atomic E-state index is -2.89. The molecule has 0 bridgehead atoms. The van der Waals surface area contributed by atoms with Gasteiger partial charge in [-0.15, -0.1) is 0 Å². The van der Waals surface area contributed by atoms with E-state index in [-0.39, 0.29) is 42.0 Å². The zero-order valence-corrected chi connectivity index (χ0v) is 38.4. The summed E-state index contributed by atoms with van der Waals surface area (Å²) < 4.78 is 41.8. The molecule has 7 atom stereocenters. The van der Waals surface area contributed by atoms with Crippen LogP contribution in [0.5, 0.6) is 5.75 Å². The standard InChI is InChI=1S/C47H72O7Si2/c1-33(2)55(34(3)4,35(5)6)54-45-29-42-43(28-36(7)27-41(44(30-48)52-42)50-31-37-23-25-38(49-12)26-24-37)53-47(45,11)32-51-56(46(8,9)10,39-19-15-13-16-20-39)40-21-17-14-18-22-40/h13-26,33-36,41-45,48H,27-32H2,1-12H3/t36-,41+,42+,43-,44-,45-,47+/m1/s1. The number of hydrogen-bond acceptors (Lipinski definition) is 7. The summed E-state index contributed by atoms with van der Waals surface area (Å²) in [5, 5.41) is 13.2. The first kappa shape index (κ1) is 44.8. The fourth-order valence-electron chi connectivity index (χ4n) is 10.0. The van der Waals surface area contributed by atoms with E-state index < -0.39 is 28.3 Å². The zero-order chi connectivity index (χ0) is 40.9. The molecule has 7 nitrogen and oxygen atoms in total. The maximum absolute atomic E-state index is 10.9. The van der Waals surface area contributed by atoms with Crippen LogP contribution >= 0.6 is 0 Å². The molecule has 3 aromatic rings. The molecular weight excluding hydrogens is 733 g/mol. The van der Waals surface area contributed by atoms with Gasteiger partial charge in [-0.05, 0) is 75.4 Å². The predicted octanol–water partition coefficient (Wildman–Crippen LogP) is 9.44. The van der Waals surface area contributed by atoms with Gasteiger partial charge in [-0.2, -0.15) is 0 Å². The molecule has 56 heavy (non-hydrogen) atoms. The highest BCUT2D eigenvalue weighted by molar-refractivity contribution is 6.99. The lowest BCUT2D eigenvalue weighted by molar-refractivity contribution is -0.263. The molecule has 0 unspecified atom stereocenters. The maximum atomic E-state index is 10.9. The number of aliphatic hydroxyl groups is 1. The Hall–Kier alpha value is -2.35. The SMILES string of the molecule is COc1ccc(CO[C@H]2C[C@@H](C)C[C@H]3O[C@@](C)(CO[Si](c4ccccc4)(c4ccccc4)C(C)(C)C)[C@H](O[Si](C(C)C)(C(C)C)C(C)C)C[C@@H]3O[C@@H]2CO)cc1.